The molecule has 1 amide bonds. The second kappa shape index (κ2) is 11.7. The first kappa shape index (κ1) is 25.8. The van der Waals surface area contributed by atoms with Gasteiger partial charge in [0.05, 0.1) is 5.60 Å². The normalized spacial score (nSPS) is 21.0. The maximum absolute atomic E-state index is 15.4. The molecule has 2 unspecified atom stereocenters. The molecule has 4 rings (SSSR count). The van der Waals surface area contributed by atoms with Crippen LogP contribution in [-0.2, 0) is 16.8 Å². The summed E-state index contributed by atoms with van der Waals surface area (Å²) in [6, 6.07) is 13.1. The molecule has 0 aliphatic carbocycles. The third-order valence-electron chi connectivity index (χ3n) is 8.11. The number of halogens is 1. The molecule has 190 valence electrons. The number of rotatable bonds is 8. The number of benzene rings is 2. The number of carbonyl (C=O) groups excluding carboxylic acids is 1. The van der Waals surface area contributed by atoms with Crippen LogP contribution < -0.4 is 5.32 Å². The predicted octanol–water partition coefficient (Wildman–Crippen LogP) is 5.67. The highest BCUT2D eigenvalue weighted by molar-refractivity contribution is 5.76. The number of nitrogens with zero attached hydrogens (tertiary/aromatic N) is 1. The lowest BCUT2D eigenvalue weighted by Crippen LogP contribution is -2.48. The van der Waals surface area contributed by atoms with Crippen LogP contribution in [0.15, 0.2) is 42.5 Å². The fraction of sp³-hybridized carbons (Fsp3) is 0.567. The lowest BCUT2D eigenvalue weighted by atomic mass is 9.72. The van der Waals surface area contributed by atoms with Crippen LogP contribution in [0.25, 0.3) is 11.1 Å². The third-order valence-corrected chi connectivity index (χ3v) is 8.11. The van der Waals surface area contributed by atoms with E-state index in [0.29, 0.717) is 36.4 Å². The average molecular weight is 481 g/mol. The van der Waals surface area contributed by atoms with Crippen molar-refractivity contribution in [3.8, 4) is 11.1 Å². The van der Waals surface area contributed by atoms with E-state index in [-0.39, 0.29) is 17.6 Å². The van der Waals surface area contributed by atoms with Gasteiger partial charge in [0.25, 0.3) is 0 Å². The van der Waals surface area contributed by atoms with Gasteiger partial charge in [0.15, 0.2) is 0 Å². The molecule has 0 saturated carbocycles. The summed E-state index contributed by atoms with van der Waals surface area (Å²) in [5.41, 5.74) is 1.91. The molecule has 4 nitrogen and oxygen atoms in total. The monoisotopic (exact) mass is 480 g/mol. The lowest BCUT2D eigenvalue weighted by Gasteiger charge is -2.44. The van der Waals surface area contributed by atoms with Crippen LogP contribution in [-0.4, -0.2) is 42.1 Å². The van der Waals surface area contributed by atoms with Crippen LogP contribution >= 0.6 is 0 Å². The molecule has 2 heterocycles. The largest absolute Gasteiger partial charge is 0.385 e. The van der Waals surface area contributed by atoms with Gasteiger partial charge in [-0.05, 0) is 80.3 Å². The summed E-state index contributed by atoms with van der Waals surface area (Å²) in [5.74, 6) is 0.220. The van der Waals surface area contributed by atoms with E-state index >= 15 is 4.39 Å². The molecule has 2 aromatic rings. The highest BCUT2D eigenvalue weighted by atomic mass is 19.1. The van der Waals surface area contributed by atoms with Crippen LogP contribution in [0.1, 0.15) is 69.9 Å². The van der Waals surface area contributed by atoms with Gasteiger partial charge in [-0.1, -0.05) is 56.7 Å². The molecule has 0 spiro atoms. The molecular formula is C30H41FN2O2. The number of likely N-dealkylation sites (tertiary alicyclic amines) is 1. The zero-order valence-corrected chi connectivity index (χ0v) is 21.4. The number of hydrogen-bond donors (Lipinski definition) is 2. The Balaban J connectivity index is 1.64. The van der Waals surface area contributed by atoms with Gasteiger partial charge in [-0.15, -0.1) is 0 Å². The molecule has 2 fully saturated rings. The number of amides is 1. The van der Waals surface area contributed by atoms with Crippen molar-refractivity contribution >= 4 is 5.91 Å². The van der Waals surface area contributed by atoms with Crippen molar-refractivity contribution in [2.24, 2.45) is 11.8 Å². The second-order valence-electron chi connectivity index (χ2n) is 10.5. The van der Waals surface area contributed by atoms with Crippen LogP contribution in [0.2, 0.25) is 0 Å². The van der Waals surface area contributed by atoms with Gasteiger partial charge >= 0.3 is 0 Å². The Hall–Kier alpha value is -2.24. The van der Waals surface area contributed by atoms with E-state index in [2.05, 4.69) is 25.2 Å². The van der Waals surface area contributed by atoms with Gasteiger partial charge in [0.2, 0.25) is 5.91 Å². The van der Waals surface area contributed by atoms with Crippen LogP contribution in [0.4, 0.5) is 4.39 Å². The number of carbonyl (C=O) groups is 1. The first-order valence-electron chi connectivity index (χ1n) is 13.6. The van der Waals surface area contributed by atoms with Crippen molar-refractivity contribution in [1.29, 1.82) is 0 Å². The Morgan fingerprint density at radius 3 is 2.66 bits per heavy atom. The smallest absolute Gasteiger partial charge is 0.222 e. The van der Waals surface area contributed by atoms with Gasteiger partial charge in [-0.2, -0.15) is 0 Å². The SMILES string of the molecule is CCCC(O)(c1cccc(F)c1-c1cccc(CC)c1)C1CCCN(C(=O)CC2CCNCC2)C1. The Bertz CT molecular complexity index is 1000. The van der Waals surface area contributed by atoms with Crippen LogP contribution in [0, 0.1) is 17.7 Å². The lowest BCUT2D eigenvalue weighted by molar-refractivity contribution is -0.137. The Morgan fingerprint density at radius 2 is 1.91 bits per heavy atom. The van der Waals surface area contributed by atoms with Gasteiger partial charge in [-0.3, -0.25) is 4.79 Å². The highest BCUT2D eigenvalue weighted by Gasteiger charge is 2.42. The topological polar surface area (TPSA) is 52.6 Å². The van der Waals surface area contributed by atoms with E-state index in [0.717, 1.165) is 69.3 Å². The Morgan fingerprint density at radius 1 is 1.14 bits per heavy atom. The number of aryl methyl sites for hydroxylation is 1. The van der Waals surface area contributed by atoms with Crippen LogP contribution in [0.5, 0.6) is 0 Å². The fourth-order valence-electron chi connectivity index (χ4n) is 6.12. The van der Waals surface area contributed by atoms with Crippen molar-refractivity contribution in [2.75, 3.05) is 26.2 Å². The van der Waals surface area contributed by atoms with E-state index in [4.69, 9.17) is 0 Å². The molecule has 2 aliphatic rings. The van der Waals surface area contributed by atoms with Crippen molar-refractivity contribution in [3.63, 3.8) is 0 Å². The zero-order chi connectivity index (χ0) is 24.8. The van der Waals surface area contributed by atoms with Crippen LogP contribution in [0.3, 0.4) is 0 Å². The predicted molar refractivity (Wildman–Crippen MR) is 140 cm³/mol. The molecule has 2 atom stereocenters. The quantitative estimate of drug-likeness (QED) is 0.512. The minimum absolute atomic E-state index is 0.122. The fourth-order valence-corrected chi connectivity index (χ4v) is 6.12. The van der Waals surface area contributed by atoms with Crippen molar-refractivity contribution < 1.29 is 14.3 Å². The number of hydrogen-bond acceptors (Lipinski definition) is 3. The summed E-state index contributed by atoms with van der Waals surface area (Å²) < 4.78 is 15.4. The summed E-state index contributed by atoms with van der Waals surface area (Å²) in [6.07, 6.45) is 6.57. The maximum Gasteiger partial charge on any atom is 0.222 e. The number of piperidine rings is 2. The summed E-state index contributed by atoms with van der Waals surface area (Å²) in [5, 5.41) is 15.7. The highest BCUT2D eigenvalue weighted by Crippen LogP contribution is 2.44. The summed E-state index contributed by atoms with van der Waals surface area (Å²) in [6.45, 7) is 7.40. The summed E-state index contributed by atoms with van der Waals surface area (Å²) in [4.78, 5) is 15.2. The Labute approximate surface area is 209 Å². The number of aliphatic hydroxyl groups is 1. The molecule has 2 aliphatic heterocycles. The molecule has 2 aromatic carbocycles. The summed E-state index contributed by atoms with van der Waals surface area (Å²) >= 11 is 0. The van der Waals surface area contributed by atoms with E-state index in [1.165, 1.54) is 6.07 Å². The van der Waals surface area contributed by atoms with Gasteiger partial charge in [-0.25, -0.2) is 4.39 Å². The maximum atomic E-state index is 15.4. The molecule has 2 saturated heterocycles. The minimum Gasteiger partial charge on any atom is -0.385 e. The molecule has 0 radical (unpaired) electrons. The second-order valence-corrected chi connectivity index (χ2v) is 10.5. The molecule has 2 N–H and O–H groups in total. The molecule has 5 heteroatoms. The van der Waals surface area contributed by atoms with Gasteiger partial charge < -0.3 is 15.3 Å². The van der Waals surface area contributed by atoms with E-state index in [9.17, 15) is 9.90 Å². The minimum atomic E-state index is -1.19. The zero-order valence-electron chi connectivity index (χ0n) is 21.4. The van der Waals surface area contributed by atoms with Crippen molar-refractivity contribution in [3.05, 3.63) is 59.4 Å². The van der Waals surface area contributed by atoms with E-state index in [1.807, 2.05) is 29.2 Å². The summed E-state index contributed by atoms with van der Waals surface area (Å²) in [7, 11) is 0. The van der Waals surface area contributed by atoms with Gasteiger partial charge in [0, 0.05) is 31.0 Å². The third kappa shape index (κ3) is 5.78. The molecule has 0 bridgehead atoms. The molecule has 35 heavy (non-hydrogen) atoms. The molecular weight excluding hydrogens is 439 g/mol. The van der Waals surface area contributed by atoms with Crippen molar-refractivity contribution in [1.82, 2.24) is 10.2 Å². The molecule has 0 aromatic heterocycles. The van der Waals surface area contributed by atoms with Gasteiger partial charge in [0.1, 0.15) is 5.82 Å². The first-order chi connectivity index (χ1) is 17.0. The van der Waals surface area contributed by atoms with E-state index in [1.54, 1.807) is 6.07 Å². The Kier molecular flexibility index (Phi) is 8.61. The van der Waals surface area contributed by atoms with Crippen molar-refractivity contribution in [2.45, 2.75) is 70.8 Å². The first-order valence-corrected chi connectivity index (χ1v) is 13.6. The number of nitrogens with one attached hydrogen (secondary N) is 1. The van der Waals surface area contributed by atoms with E-state index < -0.39 is 5.60 Å². The standard InChI is InChI=1S/C30H41FN2O2/c1-3-15-30(35,25-10-7-18-33(21-25)28(34)20-23-13-16-32-17-14-23)26-11-6-12-27(31)29(26)24-9-5-8-22(4-2)19-24/h5-6,8-9,11-12,19,23,25,32,35H,3-4,7,10,13-18,20-21H2,1-2H3. The average Bonchev–Trinajstić information content (AvgIpc) is 2.89.